The average Bonchev–Trinajstić information content (AvgIpc) is 3.58. The summed E-state index contributed by atoms with van der Waals surface area (Å²) in [5.74, 6) is 0.235. The number of ether oxygens (including phenoxy) is 1. The normalized spacial score (nSPS) is 18.1. The molecule has 34 heavy (non-hydrogen) atoms. The van der Waals surface area contributed by atoms with Crippen LogP contribution in [-0.2, 0) is 27.7 Å². The minimum absolute atomic E-state index is 0.150. The zero-order chi connectivity index (χ0) is 23.4. The Morgan fingerprint density at radius 1 is 1.15 bits per heavy atom. The van der Waals surface area contributed by atoms with E-state index in [0.717, 1.165) is 28.4 Å². The second-order valence-electron chi connectivity index (χ2n) is 8.68. The first-order valence-electron chi connectivity index (χ1n) is 11.3. The molecule has 1 fully saturated rings. The molecule has 1 amide bonds. The number of thiazole rings is 1. The maximum absolute atomic E-state index is 13.3. The van der Waals surface area contributed by atoms with Crippen molar-refractivity contribution in [3.8, 4) is 5.75 Å². The molecule has 2 aliphatic rings. The number of carbonyl (C=O) groups excluding carboxylic acids is 1. The quantitative estimate of drug-likeness (QED) is 0.447. The summed E-state index contributed by atoms with van der Waals surface area (Å²) in [5, 5.41) is 5.80. The fourth-order valence-corrected chi connectivity index (χ4v) is 7.73. The van der Waals surface area contributed by atoms with E-state index >= 15 is 0 Å². The summed E-state index contributed by atoms with van der Waals surface area (Å²) < 4.78 is 34.0. The number of rotatable bonds is 5. The van der Waals surface area contributed by atoms with Crippen molar-refractivity contribution in [2.45, 2.75) is 36.6 Å². The number of amides is 1. The maximum Gasteiger partial charge on any atom is 0.244 e. The van der Waals surface area contributed by atoms with Gasteiger partial charge in [-0.2, -0.15) is 4.31 Å². The highest BCUT2D eigenvalue weighted by atomic mass is 32.2. The topological polar surface area (TPSA) is 88.6 Å². The molecule has 0 bridgehead atoms. The molecule has 1 saturated heterocycles. The van der Waals surface area contributed by atoms with E-state index in [9.17, 15) is 13.2 Å². The van der Waals surface area contributed by atoms with Crippen LogP contribution in [0.2, 0.25) is 0 Å². The van der Waals surface area contributed by atoms with Crippen LogP contribution in [0.25, 0.3) is 21.0 Å². The molecular formula is C25H23N3O4S2. The lowest BCUT2D eigenvalue weighted by Crippen LogP contribution is -2.43. The second kappa shape index (κ2) is 8.04. The Kier molecular flexibility index (Phi) is 5.09. The van der Waals surface area contributed by atoms with Crippen molar-refractivity contribution >= 4 is 53.4 Å². The van der Waals surface area contributed by atoms with E-state index in [1.807, 2.05) is 0 Å². The highest BCUT2D eigenvalue weighted by molar-refractivity contribution is 7.89. The number of sulfonamides is 1. The van der Waals surface area contributed by atoms with Crippen molar-refractivity contribution in [1.29, 1.82) is 0 Å². The third kappa shape index (κ3) is 3.38. The first-order chi connectivity index (χ1) is 16.5. The number of fused-ring (bicyclic) bond motifs is 2. The molecule has 0 saturated carbocycles. The summed E-state index contributed by atoms with van der Waals surface area (Å²) in [4.78, 5) is 18.1. The minimum Gasteiger partial charge on any atom is -0.497 e. The van der Waals surface area contributed by atoms with Crippen LogP contribution in [0.4, 0.5) is 5.13 Å². The van der Waals surface area contributed by atoms with Gasteiger partial charge < -0.3 is 10.1 Å². The number of hydrogen-bond acceptors (Lipinski definition) is 6. The van der Waals surface area contributed by atoms with Crippen molar-refractivity contribution in [3.05, 3.63) is 59.7 Å². The predicted molar refractivity (Wildman–Crippen MR) is 133 cm³/mol. The van der Waals surface area contributed by atoms with E-state index in [0.29, 0.717) is 30.3 Å². The molecule has 7 nitrogen and oxygen atoms in total. The van der Waals surface area contributed by atoms with Gasteiger partial charge in [-0.3, -0.25) is 4.79 Å². The Morgan fingerprint density at radius 2 is 1.94 bits per heavy atom. The van der Waals surface area contributed by atoms with Crippen molar-refractivity contribution in [2.75, 3.05) is 19.0 Å². The van der Waals surface area contributed by atoms with Crippen LogP contribution in [0.3, 0.4) is 0 Å². The number of carbonyl (C=O) groups is 1. The molecular weight excluding hydrogens is 470 g/mol. The Bertz CT molecular complexity index is 1540. The van der Waals surface area contributed by atoms with Crippen LogP contribution in [-0.4, -0.2) is 43.3 Å². The molecule has 1 N–H and O–H groups in total. The van der Waals surface area contributed by atoms with E-state index in [-0.39, 0.29) is 10.8 Å². The molecule has 3 aromatic carbocycles. The summed E-state index contributed by atoms with van der Waals surface area (Å²) >= 11 is 1.44. The summed E-state index contributed by atoms with van der Waals surface area (Å²) in [6.45, 7) is 0.309. The van der Waals surface area contributed by atoms with Crippen LogP contribution < -0.4 is 10.1 Å². The highest BCUT2D eigenvalue weighted by Crippen LogP contribution is 2.39. The van der Waals surface area contributed by atoms with Gasteiger partial charge in [-0.05, 0) is 72.5 Å². The molecule has 1 aromatic heterocycles. The summed E-state index contributed by atoms with van der Waals surface area (Å²) in [7, 11) is -2.28. The van der Waals surface area contributed by atoms with Gasteiger partial charge in [-0.1, -0.05) is 29.5 Å². The van der Waals surface area contributed by atoms with Crippen molar-refractivity contribution in [1.82, 2.24) is 9.29 Å². The Morgan fingerprint density at radius 3 is 2.74 bits per heavy atom. The fraction of sp³-hybridized carbons (Fsp3) is 0.280. The van der Waals surface area contributed by atoms with E-state index in [4.69, 9.17) is 9.72 Å². The number of methoxy groups -OCH3 is 1. The van der Waals surface area contributed by atoms with Gasteiger partial charge in [0.15, 0.2) is 5.13 Å². The van der Waals surface area contributed by atoms with E-state index in [2.05, 4.69) is 29.6 Å². The molecule has 174 valence electrons. The smallest absolute Gasteiger partial charge is 0.244 e. The average molecular weight is 494 g/mol. The van der Waals surface area contributed by atoms with Crippen LogP contribution in [0.15, 0.2) is 53.4 Å². The summed E-state index contributed by atoms with van der Waals surface area (Å²) in [6, 6.07) is 14.0. The standard InChI is InChI=1S/C25H23N3O4S2/c1-32-17-9-11-18(12-10-17)34(30,31)28-13-3-6-20(28)24(29)27-25-26-23-19-5-2-4-15-7-8-16(22(15)19)14-21(23)33-25/h2,4-5,9-12,14,20H,3,6-8,13H2,1H3,(H,26,27,29). The van der Waals surface area contributed by atoms with Gasteiger partial charge >= 0.3 is 0 Å². The van der Waals surface area contributed by atoms with Gasteiger partial charge in [-0.25, -0.2) is 13.4 Å². The Labute approximate surface area is 201 Å². The van der Waals surface area contributed by atoms with Gasteiger partial charge in [0.05, 0.1) is 22.2 Å². The minimum atomic E-state index is -3.81. The number of anilines is 1. The molecule has 1 aliphatic heterocycles. The van der Waals surface area contributed by atoms with Crippen molar-refractivity contribution in [3.63, 3.8) is 0 Å². The zero-order valence-corrected chi connectivity index (χ0v) is 20.2. The highest BCUT2D eigenvalue weighted by Gasteiger charge is 2.39. The number of nitrogens with one attached hydrogen (secondary N) is 1. The molecule has 4 aromatic rings. The van der Waals surface area contributed by atoms with E-state index in [1.54, 1.807) is 12.1 Å². The lowest BCUT2D eigenvalue weighted by Gasteiger charge is -2.23. The summed E-state index contributed by atoms with van der Waals surface area (Å²) in [5.41, 5.74) is 3.56. The van der Waals surface area contributed by atoms with Gasteiger partial charge in [0.1, 0.15) is 11.8 Å². The zero-order valence-electron chi connectivity index (χ0n) is 18.6. The SMILES string of the molecule is COc1ccc(S(=O)(=O)N2CCCC2C(=O)Nc2nc3c(cc4c5c(cccc53)CC4)s2)cc1. The molecule has 1 aliphatic carbocycles. The van der Waals surface area contributed by atoms with Crippen LogP contribution in [0.1, 0.15) is 24.0 Å². The van der Waals surface area contributed by atoms with Crippen molar-refractivity contribution < 1.29 is 17.9 Å². The first-order valence-corrected chi connectivity index (χ1v) is 13.5. The molecule has 2 heterocycles. The third-order valence-corrected chi connectivity index (χ3v) is 9.59. The summed E-state index contributed by atoms with van der Waals surface area (Å²) in [6.07, 6.45) is 3.17. The van der Waals surface area contributed by atoms with Crippen LogP contribution >= 0.6 is 11.3 Å². The first kappa shape index (κ1) is 21.5. The van der Waals surface area contributed by atoms with Crippen LogP contribution in [0.5, 0.6) is 5.75 Å². The molecule has 9 heteroatoms. The lowest BCUT2D eigenvalue weighted by atomic mass is 10.0. The molecule has 1 atom stereocenters. The Hall–Kier alpha value is -3.01. The largest absolute Gasteiger partial charge is 0.497 e. The Balaban J connectivity index is 1.28. The number of nitrogens with zero attached hydrogens (tertiary/aromatic N) is 2. The van der Waals surface area contributed by atoms with Crippen LogP contribution in [0, 0.1) is 0 Å². The monoisotopic (exact) mass is 493 g/mol. The van der Waals surface area contributed by atoms with Gasteiger partial charge in [-0.15, -0.1) is 0 Å². The number of benzene rings is 3. The number of aromatic nitrogens is 1. The molecule has 6 rings (SSSR count). The molecule has 0 radical (unpaired) electrons. The second-order valence-corrected chi connectivity index (χ2v) is 11.6. The van der Waals surface area contributed by atoms with Crippen molar-refractivity contribution in [2.24, 2.45) is 0 Å². The molecule has 1 unspecified atom stereocenters. The third-order valence-electron chi connectivity index (χ3n) is 6.75. The van der Waals surface area contributed by atoms with Gasteiger partial charge in [0.25, 0.3) is 0 Å². The van der Waals surface area contributed by atoms with E-state index < -0.39 is 16.1 Å². The van der Waals surface area contributed by atoms with Gasteiger partial charge in [0.2, 0.25) is 15.9 Å². The maximum atomic E-state index is 13.3. The number of hydrogen-bond donors (Lipinski definition) is 1. The number of aryl methyl sites for hydroxylation is 2. The van der Waals surface area contributed by atoms with Gasteiger partial charge in [0, 0.05) is 11.9 Å². The fourth-order valence-electron chi connectivity index (χ4n) is 5.12. The predicted octanol–water partition coefficient (Wildman–Crippen LogP) is 4.35. The lowest BCUT2D eigenvalue weighted by molar-refractivity contribution is -0.119. The molecule has 0 spiro atoms. The van der Waals surface area contributed by atoms with E-state index in [1.165, 1.54) is 51.4 Å².